The van der Waals surface area contributed by atoms with Crippen molar-refractivity contribution in [2.45, 2.75) is 19.6 Å². The van der Waals surface area contributed by atoms with Gasteiger partial charge >= 0.3 is 0 Å². The van der Waals surface area contributed by atoms with Gasteiger partial charge in [-0.2, -0.15) is 16.8 Å². The molecule has 2 aromatic carbocycles. The molecule has 116 valence electrons. The van der Waals surface area contributed by atoms with Crippen LogP contribution < -0.4 is 4.74 Å². The summed E-state index contributed by atoms with van der Waals surface area (Å²) in [7, 11) is -9.09. The minimum Gasteiger partial charge on any atom is -0.452 e. The third-order valence-corrected chi connectivity index (χ3v) is 5.70. The Morgan fingerprint density at radius 2 is 1.18 bits per heavy atom. The van der Waals surface area contributed by atoms with E-state index in [2.05, 4.69) is 0 Å². The molecule has 1 heterocycles. The van der Waals surface area contributed by atoms with E-state index in [1.807, 2.05) is 0 Å². The fourth-order valence-electron chi connectivity index (χ4n) is 1.98. The molecule has 0 saturated carbocycles. The maximum Gasteiger partial charge on any atom is 0.298 e. The highest BCUT2D eigenvalue weighted by Gasteiger charge is 2.30. The van der Waals surface area contributed by atoms with Crippen LogP contribution in [0.5, 0.6) is 11.5 Å². The standard InChI is InChI=1S/C12H8O7S3/c13-21(14,15)9-5-1-3-7-11(9)19-12-8(20-7)4-2-6-10(12)22(16,17)18/h1-6H,(H,13,14,15)(H,16,17,18). The molecule has 0 spiro atoms. The highest BCUT2D eigenvalue weighted by molar-refractivity contribution is 7.99. The first-order valence-corrected chi connectivity index (χ1v) is 9.44. The lowest BCUT2D eigenvalue weighted by atomic mass is 10.3. The van der Waals surface area contributed by atoms with Crippen molar-refractivity contribution in [3.05, 3.63) is 36.4 Å². The summed E-state index contributed by atoms with van der Waals surface area (Å²) in [4.78, 5) is -0.160. The lowest BCUT2D eigenvalue weighted by molar-refractivity contribution is 0.413. The van der Waals surface area contributed by atoms with Gasteiger partial charge in [0.2, 0.25) is 0 Å². The van der Waals surface area contributed by atoms with Gasteiger partial charge in [0, 0.05) is 0 Å². The fraction of sp³-hybridized carbons (Fsp3) is 0. The summed E-state index contributed by atoms with van der Waals surface area (Å²) in [6, 6.07) is 8.26. The molecule has 0 fully saturated rings. The van der Waals surface area contributed by atoms with E-state index < -0.39 is 30.0 Å². The van der Waals surface area contributed by atoms with Gasteiger partial charge in [-0.1, -0.05) is 23.9 Å². The summed E-state index contributed by atoms with van der Waals surface area (Å²) < 4.78 is 69.5. The number of benzene rings is 2. The van der Waals surface area contributed by atoms with Crippen LogP contribution in [0.25, 0.3) is 0 Å². The fourth-order valence-corrected chi connectivity index (χ4v) is 4.40. The van der Waals surface area contributed by atoms with Crippen LogP contribution in [-0.4, -0.2) is 25.9 Å². The van der Waals surface area contributed by atoms with E-state index in [0.717, 1.165) is 23.9 Å². The van der Waals surface area contributed by atoms with Crippen molar-refractivity contribution in [2.24, 2.45) is 0 Å². The predicted octanol–water partition coefficient (Wildman–Crippen LogP) is 2.44. The van der Waals surface area contributed by atoms with Crippen molar-refractivity contribution in [1.82, 2.24) is 0 Å². The van der Waals surface area contributed by atoms with Crippen LogP contribution in [0.15, 0.2) is 56.0 Å². The van der Waals surface area contributed by atoms with Crippen LogP contribution in [0.1, 0.15) is 0 Å². The lowest BCUT2D eigenvalue weighted by Gasteiger charge is -2.22. The summed E-state index contributed by atoms with van der Waals surface area (Å²) in [6.45, 7) is 0. The normalized spacial score (nSPS) is 13.9. The molecule has 0 saturated heterocycles. The van der Waals surface area contributed by atoms with Crippen LogP contribution in [0, 0.1) is 0 Å². The SMILES string of the molecule is O=S(=O)(O)c1cccc2c1Oc1c(cccc1S(=O)(=O)O)S2. The first-order valence-electron chi connectivity index (χ1n) is 5.74. The molecular weight excluding hydrogens is 352 g/mol. The zero-order valence-electron chi connectivity index (χ0n) is 10.6. The summed E-state index contributed by atoms with van der Waals surface area (Å²) >= 11 is 1.07. The molecule has 3 rings (SSSR count). The Bertz CT molecular complexity index is 898. The number of hydrogen-bond donors (Lipinski definition) is 2. The van der Waals surface area contributed by atoms with Crippen molar-refractivity contribution in [2.75, 3.05) is 0 Å². The predicted molar refractivity (Wildman–Crippen MR) is 76.7 cm³/mol. The molecule has 0 bridgehead atoms. The van der Waals surface area contributed by atoms with Crippen LogP contribution >= 0.6 is 11.8 Å². The van der Waals surface area contributed by atoms with Crippen molar-refractivity contribution >= 4 is 32.0 Å². The number of ether oxygens (including phenoxy) is 1. The number of rotatable bonds is 2. The topological polar surface area (TPSA) is 118 Å². The minimum absolute atomic E-state index is 0.182. The zero-order valence-corrected chi connectivity index (χ0v) is 13.1. The Morgan fingerprint density at radius 3 is 1.55 bits per heavy atom. The quantitative estimate of drug-likeness (QED) is 0.669. The lowest BCUT2D eigenvalue weighted by Crippen LogP contribution is -2.08. The van der Waals surface area contributed by atoms with Crippen molar-refractivity contribution in [1.29, 1.82) is 0 Å². The molecule has 0 unspecified atom stereocenters. The molecule has 1 aliphatic rings. The third kappa shape index (κ3) is 2.59. The van der Waals surface area contributed by atoms with E-state index in [1.165, 1.54) is 12.1 Å². The van der Waals surface area contributed by atoms with E-state index in [9.17, 15) is 25.9 Å². The number of hydrogen-bond acceptors (Lipinski definition) is 6. The van der Waals surface area contributed by atoms with Gasteiger partial charge < -0.3 is 4.74 Å². The highest BCUT2D eigenvalue weighted by Crippen LogP contribution is 2.51. The second-order valence-electron chi connectivity index (χ2n) is 4.32. The van der Waals surface area contributed by atoms with Gasteiger partial charge in [-0.05, 0) is 24.3 Å². The summed E-state index contributed by atoms with van der Waals surface area (Å²) in [5.74, 6) is -0.364. The number of fused-ring (bicyclic) bond motifs is 2. The Labute approximate surface area is 130 Å². The third-order valence-electron chi connectivity index (χ3n) is 2.87. The molecule has 0 radical (unpaired) electrons. The zero-order chi connectivity index (χ0) is 16.1. The number of para-hydroxylation sites is 2. The average molecular weight is 360 g/mol. The Morgan fingerprint density at radius 1 is 0.773 bits per heavy atom. The van der Waals surface area contributed by atoms with Crippen LogP contribution in [-0.2, 0) is 20.2 Å². The van der Waals surface area contributed by atoms with Crippen molar-refractivity contribution in [3.63, 3.8) is 0 Å². The molecule has 2 N–H and O–H groups in total. The van der Waals surface area contributed by atoms with E-state index >= 15 is 0 Å². The maximum atomic E-state index is 11.4. The smallest absolute Gasteiger partial charge is 0.298 e. The van der Waals surface area contributed by atoms with E-state index in [-0.39, 0.29) is 11.5 Å². The summed E-state index contributed by atoms with van der Waals surface area (Å²) in [6.07, 6.45) is 0. The molecule has 7 nitrogen and oxygen atoms in total. The van der Waals surface area contributed by atoms with Gasteiger partial charge in [0.05, 0.1) is 9.79 Å². The molecule has 0 atom stereocenters. The van der Waals surface area contributed by atoms with Crippen LogP contribution in [0.2, 0.25) is 0 Å². The first-order chi connectivity index (χ1) is 10.2. The largest absolute Gasteiger partial charge is 0.452 e. The second-order valence-corrected chi connectivity index (χ2v) is 8.18. The Kier molecular flexibility index (Phi) is 3.45. The monoisotopic (exact) mass is 360 g/mol. The van der Waals surface area contributed by atoms with Gasteiger partial charge in [-0.15, -0.1) is 0 Å². The van der Waals surface area contributed by atoms with Gasteiger partial charge in [0.25, 0.3) is 20.2 Å². The molecule has 10 heteroatoms. The Hall–Kier alpha value is -1.59. The van der Waals surface area contributed by atoms with Gasteiger partial charge in [-0.3, -0.25) is 9.11 Å². The van der Waals surface area contributed by atoms with Crippen LogP contribution in [0.3, 0.4) is 0 Å². The molecular formula is C12H8O7S3. The average Bonchev–Trinajstić information content (AvgIpc) is 2.41. The van der Waals surface area contributed by atoms with E-state index in [0.29, 0.717) is 9.79 Å². The highest BCUT2D eigenvalue weighted by atomic mass is 32.2. The molecule has 1 aliphatic heterocycles. The molecule has 22 heavy (non-hydrogen) atoms. The molecule has 2 aromatic rings. The molecule has 0 amide bonds. The van der Waals surface area contributed by atoms with Crippen molar-refractivity contribution < 1.29 is 30.7 Å². The maximum absolute atomic E-state index is 11.4. The van der Waals surface area contributed by atoms with Crippen molar-refractivity contribution in [3.8, 4) is 11.5 Å². The van der Waals surface area contributed by atoms with E-state index in [4.69, 9.17) is 4.74 Å². The second kappa shape index (κ2) is 4.96. The Balaban J connectivity index is 2.26. The van der Waals surface area contributed by atoms with Crippen LogP contribution in [0.4, 0.5) is 0 Å². The molecule has 0 aromatic heterocycles. The minimum atomic E-state index is -4.55. The summed E-state index contributed by atoms with van der Waals surface area (Å²) in [5.41, 5.74) is 0. The molecule has 0 aliphatic carbocycles. The van der Waals surface area contributed by atoms with Gasteiger partial charge in [0.15, 0.2) is 11.5 Å². The first kappa shape index (κ1) is 15.3. The van der Waals surface area contributed by atoms with Gasteiger partial charge in [0.1, 0.15) is 9.79 Å². The van der Waals surface area contributed by atoms with Gasteiger partial charge in [-0.25, -0.2) is 0 Å². The summed E-state index contributed by atoms with van der Waals surface area (Å²) in [5, 5.41) is 0. The van der Waals surface area contributed by atoms with E-state index in [1.54, 1.807) is 12.1 Å².